The molecular weight excluding hydrogens is 307 g/mol. The molecule has 6 heteroatoms. The van der Waals surface area contributed by atoms with Gasteiger partial charge in [0.1, 0.15) is 0 Å². The van der Waals surface area contributed by atoms with E-state index in [-0.39, 0.29) is 24.0 Å². The molecule has 17 heavy (non-hydrogen) atoms. The number of hydrogen-bond donors (Lipinski definition) is 0. The molecule has 0 bridgehead atoms. The number of nitrogens with zero attached hydrogens (tertiary/aromatic N) is 2. The van der Waals surface area contributed by atoms with Crippen LogP contribution in [0.4, 0.5) is 3.89 Å². The van der Waals surface area contributed by atoms with E-state index in [1.807, 2.05) is 6.07 Å². The van der Waals surface area contributed by atoms with Crippen LogP contribution in [0.1, 0.15) is 23.2 Å². The van der Waals surface area contributed by atoms with Gasteiger partial charge in [-0.2, -0.15) is 0 Å². The monoisotopic (exact) mass is 314 g/mol. The normalized spacial score (nSPS) is 15.4. The van der Waals surface area contributed by atoms with Crippen LogP contribution in [-0.4, -0.2) is 14.7 Å². The van der Waals surface area contributed by atoms with Crippen LogP contribution in [0, 0.1) is 5.92 Å². The summed E-state index contributed by atoms with van der Waals surface area (Å²) in [5.41, 5.74) is 1.06. The Morgan fingerprint density at radius 2 is 2.35 bits per heavy atom. The molecular formula is C11H8BrFN2OS. The average molecular weight is 315 g/mol. The van der Waals surface area contributed by atoms with Gasteiger partial charge >= 0.3 is 0 Å². The SMILES string of the molecule is O=C(c1cn(SF)c2ncc(Br)cc12)C1CC1. The zero-order chi connectivity index (χ0) is 12.0. The van der Waals surface area contributed by atoms with Gasteiger partial charge in [-0.3, -0.25) is 4.79 Å². The molecule has 1 aliphatic carbocycles. The Kier molecular flexibility index (Phi) is 2.71. The van der Waals surface area contributed by atoms with Crippen LogP contribution in [0.15, 0.2) is 22.9 Å². The summed E-state index contributed by atoms with van der Waals surface area (Å²) in [5.74, 6) is 0.223. The molecule has 1 aliphatic rings. The van der Waals surface area contributed by atoms with Crippen LogP contribution in [0.5, 0.6) is 0 Å². The highest BCUT2D eigenvalue weighted by molar-refractivity contribution is 9.10. The van der Waals surface area contributed by atoms with E-state index in [1.54, 1.807) is 6.20 Å². The lowest BCUT2D eigenvalue weighted by atomic mass is 10.1. The molecule has 1 fully saturated rings. The summed E-state index contributed by atoms with van der Waals surface area (Å²) in [6.45, 7) is 0. The van der Waals surface area contributed by atoms with Gasteiger partial charge in [-0.05, 0) is 34.8 Å². The van der Waals surface area contributed by atoms with Crippen molar-refractivity contribution in [3.8, 4) is 0 Å². The highest BCUT2D eigenvalue weighted by Gasteiger charge is 2.32. The lowest BCUT2D eigenvalue weighted by Crippen LogP contribution is -1.99. The highest BCUT2D eigenvalue weighted by atomic mass is 79.9. The first-order chi connectivity index (χ1) is 8.20. The third kappa shape index (κ3) is 1.89. The number of ketones is 1. The number of aromatic nitrogens is 2. The summed E-state index contributed by atoms with van der Waals surface area (Å²) in [6, 6.07) is 1.81. The lowest BCUT2D eigenvalue weighted by molar-refractivity contribution is 0.0969. The second kappa shape index (κ2) is 4.10. The quantitative estimate of drug-likeness (QED) is 0.809. The Morgan fingerprint density at radius 3 is 3.00 bits per heavy atom. The number of carbonyl (C=O) groups excluding carboxylic acids is 1. The first kappa shape index (κ1) is 11.2. The number of hydrogen-bond acceptors (Lipinski definition) is 3. The maximum atomic E-state index is 12.8. The van der Waals surface area contributed by atoms with Gasteiger partial charge in [-0.1, -0.05) is 0 Å². The predicted molar refractivity (Wildman–Crippen MR) is 68.6 cm³/mol. The van der Waals surface area contributed by atoms with Crippen LogP contribution in [0.2, 0.25) is 0 Å². The molecule has 0 unspecified atom stereocenters. The standard InChI is InChI=1S/C11H8BrFN2OS/c12-7-3-8-9(10(16)6-1-2-6)5-15(17-13)11(8)14-4-7/h3-6H,1-2H2. The molecule has 0 N–H and O–H groups in total. The summed E-state index contributed by atoms with van der Waals surface area (Å²) in [7, 11) is 0. The molecule has 2 aromatic rings. The van der Waals surface area contributed by atoms with Gasteiger partial charge in [-0.25, -0.2) is 8.96 Å². The molecule has 0 aliphatic heterocycles. The maximum absolute atomic E-state index is 12.8. The van der Waals surface area contributed by atoms with Crippen molar-refractivity contribution in [3.05, 3.63) is 28.5 Å². The number of halogens is 2. The Morgan fingerprint density at radius 1 is 1.59 bits per heavy atom. The second-order valence-electron chi connectivity index (χ2n) is 4.10. The van der Waals surface area contributed by atoms with Crippen LogP contribution < -0.4 is 0 Å². The largest absolute Gasteiger partial charge is 0.294 e. The number of pyridine rings is 1. The van der Waals surface area contributed by atoms with Crippen molar-refractivity contribution in [2.24, 2.45) is 5.92 Å². The summed E-state index contributed by atoms with van der Waals surface area (Å²) in [4.78, 5) is 16.2. The van der Waals surface area contributed by atoms with Gasteiger partial charge in [0.2, 0.25) is 0 Å². The lowest BCUT2D eigenvalue weighted by Gasteiger charge is -1.96. The minimum Gasteiger partial charge on any atom is -0.294 e. The minimum absolute atomic E-state index is 0.0611. The molecule has 88 valence electrons. The average Bonchev–Trinajstić information content (AvgIpc) is 3.10. The van der Waals surface area contributed by atoms with Crippen molar-refractivity contribution in [3.63, 3.8) is 0 Å². The maximum Gasteiger partial charge on any atom is 0.171 e. The zero-order valence-electron chi connectivity index (χ0n) is 8.69. The molecule has 3 nitrogen and oxygen atoms in total. The van der Waals surface area contributed by atoms with Gasteiger partial charge in [-0.15, -0.1) is 3.89 Å². The minimum atomic E-state index is 0.0611. The van der Waals surface area contributed by atoms with Crippen LogP contribution in [0.3, 0.4) is 0 Å². The van der Waals surface area contributed by atoms with Gasteiger partial charge < -0.3 is 0 Å². The van der Waals surface area contributed by atoms with Crippen molar-refractivity contribution in [1.29, 1.82) is 0 Å². The molecule has 0 radical (unpaired) electrons. The number of fused-ring (bicyclic) bond motifs is 1. The fourth-order valence-corrected chi connectivity index (χ4v) is 2.56. The van der Waals surface area contributed by atoms with E-state index < -0.39 is 0 Å². The Labute approximate surface area is 110 Å². The molecule has 0 amide bonds. The first-order valence-electron chi connectivity index (χ1n) is 5.20. The fraction of sp³-hybridized carbons (Fsp3) is 0.273. The van der Waals surface area contributed by atoms with E-state index >= 15 is 0 Å². The number of Topliss-reactive ketones (excluding diaryl/α,β-unsaturated/α-hetero) is 1. The van der Waals surface area contributed by atoms with E-state index in [0.29, 0.717) is 16.6 Å². The van der Waals surface area contributed by atoms with Crippen LogP contribution >= 0.6 is 28.3 Å². The number of rotatable bonds is 3. The zero-order valence-corrected chi connectivity index (χ0v) is 11.1. The van der Waals surface area contributed by atoms with Crippen molar-refractivity contribution >= 4 is 45.1 Å². The molecule has 0 spiro atoms. The summed E-state index contributed by atoms with van der Waals surface area (Å²) in [6.07, 6.45) is 5.02. The van der Waals surface area contributed by atoms with Crippen molar-refractivity contribution in [2.45, 2.75) is 12.8 Å². The number of carbonyl (C=O) groups is 1. The van der Waals surface area contributed by atoms with E-state index in [2.05, 4.69) is 20.9 Å². The van der Waals surface area contributed by atoms with E-state index in [4.69, 9.17) is 0 Å². The van der Waals surface area contributed by atoms with Crippen molar-refractivity contribution in [1.82, 2.24) is 8.96 Å². The molecule has 1 saturated carbocycles. The third-order valence-corrected chi connectivity index (χ3v) is 3.73. The molecule has 0 saturated heterocycles. The van der Waals surface area contributed by atoms with E-state index in [0.717, 1.165) is 17.3 Å². The summed E-state index contributed by atoms with van der Waals surface area (Å²) in [5, 5.41) is 0.710. The summed E-state index contributed by atoms with van der Waals surface area (Å²) >= 11 is 3.38. The van der Waals surface area contributed by atoms with Gasteiger partial charge in [0.05, 0.1) is 0 Å². The highest BCUT2D eigenvalue weighted by Crippen LogP contribution is 2.36. The Bertz CT molecular complexity index is 609. The second-order valence-corrected chi connectivity index (χ2v) is 5.55. The molecule has 0 aromatic carbocycles. The fourth-order valence-electron chi connectivity index (χ4n) is 1.87. The summed E-state index contributed by atoms with van der Waals surface area (Å²) < 4.78 is 14.8. The van der Waals surface area contributed by atoms with Crippen LogP contribution in [0.25, 0.3) is 11.0 Å². The third-order valence-electron chi connectivity index (χ3n) is 2.87. The first-order valence-corrected chi connectivity index (χ1v) is 6.67. The smallest absolute Gasteiger partial charge is 0.171 e. The van der Waals surface area contributed by atoms with Crippen molar-refractivity contribution in [2.75, 3.05) is 0 Å². The molecule has 2 aromatic heterocycles. The van der Waals surface area contributed by atoms with Crippen LogP contribution in [-0.2, 0) is 0 Å². The van der Waals surface area contributed by atoms with Gasteiger partial charge in [0.15, 0.2) is 23.8 Å². The van der Waals surface area contributed by atoms with E-state index in [1.165, 1.54) is 10.2 Å². The topological polar surface area (TPSA) is 34.9 Å². The molecule has 0 atom stereocenters. The Hall–Kier alpha value is -0.880. The predicted octanol–water partition coefficient (Wildman–Crippen LogP) is 3.77. The van der Waals surface area contributed by atoms with E-state index in [9.17, 15) is 8.68 Å². The van der Waals surface area contributed by atoms with Gasteiger partial charge in [0, 0.05) is 33.7 Å². The van der Waals surface area contributed by atoms with Gasteiger partial charge in [0.25, 0.3) is 0 Å². The molecule has 3 rings (SSSR count). The molecule has 2 heterocycles. The Balaban J connectivity index is 2.22. The van der Waals surface area contributed by atoms with Crippen molar-refractivity contribution < 1.29 is 8.68 Å².